The zero-order chi connectivity index (χ0) is 47.7. The van der Waals surface area contributed by atoms with Crippen LogP contribution in [0.1, 0.15) is 59.5 Å². The number of carbonyl (C=O) groups excluding carboxylic acids is 3. The van der Waals surface area contributed by atoms with E-state index in [-0.39, 0.29) is 70.8 Å². The highest BCUT2D eigenvalue weighted by Crippen LogP contribution is 2.28. The fraction of sp³-hybridized carbons (Fsp3) is 0.318. The summed E-state index contributed by atoms with van der Waals surface area (Å²) < 4.78 is 46.1. The molecule has 3 amide bonds. The molecule has 0 unspecified atom stereocenters. The summed E-state index contributed by atoms with van der Waals surface area (Å²) in [7, 11) is 2.43. The molecule has 2 aliphatic rings. The number of anilines is 2. The van der Waals surface area contributed by atoms with E-state index in [1.807, 2.05) is 0 Å². The number of pyridine rings is 2. The molecule has 24 heteroatoms. The van der Waals surface area contributed by atoms with Gasteiger partial charge >= 0.3 is 18.2 Å². The molecule has 2 aliphatic carbocycles. The predicted octanol–water partition coefficient (Wildman–Crippen LogP) is 6.25. The molecule has 6 N–H and O–H groups in total. The van der Waals surface area contributed by atoms with E-state index in [1.165, 1.54) is 92.7 Å². The zero-order valence-electron chi connectivity index (χ0n) is 36.7. The summed E-state index contributed by atoms with van der Waals surface area (Å²) in [5, 5.41) is 32.7. The molecule has 0 radical (unpaired) electrons. The van der Waals surface area contributed by atoms with Crippen molar-refractivity contribution in [1.82, 2.24) is 45.3 Å². The van der Waals surface area contributed by atoms with Crippen molar-refractivity contribution in [3.05, 3.63) is 121 Å². The van der Waals surface area contributed by atoms with Gasteiger partial charge in [0, 0.05) is 23.9 Å². The van der Waals surface area contributed by atoms with Crippen molar-refractivity contribution in [2.45, 2.75) is 50.6 Å². The third-order valence-corrected chi connectivity index (χ3v) is 10.5. The smallest absolute Gasteiger partial charge is 0.412 e. The Morgan fingerprint density at radius 3 is 1.54 bits per heavy atom. The second-order valence-corrected chi connectivity index (χ2v) is 15.0. The Balaban J connectivity index is 0.000000209. The Labute approximate surface area is 394 Å². The highest BCUT2D eigenvalue weighted by Gasteiger charge is 2.31. The fourth-order valence-corrected chi connectivity index (χ4v) is 7.09. The average Bonchev–Trinajstić information content (AvgIpc) is 4.20. The number of ether oxygens (including phenoxy) is 4. The van der Waals surface area contributed by atoms with E-state index in [0.29, 0.717) is 30.6 Å². The first-order valence-corrected chi connectivity index (χ1v) is 20.9. The molecule has 0 spiro atoms. The number of aromatic carboxylic acids is 1. The van der Waals surface area contributed by atoms with Crippen molar-refractivity contribution >= 4 is 48.1 Å². The topological polar surface area (TPSA) is 275 Å². The third kappa shape index (κ3) is 14.6. The maximum Gasteiger partial charge on any atom is 0.412 e. The standard InChI is InChI=1S/C22H23FN6O4.C12H16FNO.C10H9N5O4.ClH/c1-32-22(31)28-19-10-9-18(29-24-11-12-25-29)20(27-19)21(30)26-17-4-2-3-14(17)13-33-16-7-5-15(23)6-8-16;13-10-4-6-11(7-5-10)15-8-9-2-1-3-12(9)14;1-19-10(18)14-7-3-2-6(8(13-7)9(16)17)15-11-4-5-12-15;/h5-12,14,17H,2-4,13H2,1H3,(H,26,30)(H,27,28,31);4-7,9,12H,1-3,8,14H2;2-5H,1H3,(H,16,17)(H,13,14,18);1H/t14-,17+;9-,12+;;/m11../s1. The van der Waals surface area contributed by atoms with E-state index in [9.17, 15) is 28.0 Å². The summed E-state index contributed by atoms with van der Waals surface area (Å²) in [6, 6.07) is 18.1. The predicted molar refractivity (Wildman–Crippen MR) is 242 cm³/mol. The van der Waals surface area contributed by atoms with Gasteiger partial charge in [0.1, 0.15) is 46.1 Å². The van der Waals surface area contributed by atoms with E-state index < -0.39 is 24.1 Å². The van der Waals surface area contributed by atoms with Crippen LogP contribution in [0.4, 0.5) is 30.0 Å². The number of aromatic nitrogens is 8. The van der Waals surface area contributed by atoms with Gasteiger partial charge < -0.3 is 35.1 Å². The first-order chi connectivity index (χ1) is 32.4. The lowest BCUT2D eigenvalue weighted by molar-refractivity contribution is 0.0689. The fourth-order valence-electron chi connectivity index (χ4n) is 7.09. The second kappa shape index (κ2) is 25.2. The highest BCUT2D eigenvalue weighted by atomic mass is 35.5. The number of rotatable bonds is 13. The number of hydrogen-bond acceptors (Lipinski definition) is 15. The number of hydrogen-bond donors (Lipinski definition) is 5. The first kappa shape index (κ1) is 51.2. The Kier molecular flexibility index (Phi) is 19.0. The highest BCUT2D eigenvalue weighted by molar-refractivity contribution is 5.97. The maximum absolute atomic E-state index is 13.2. The molecule has 4 heterocycles. The van der Waals surface area contributed by atoms with Gasteiger partial charge in [0.2, 0.25) is 0 Å². The van der Waals surface area contributed by atoms with Crippen molar-refractivity contribution in [2.24, 2.45) is 17.6 Å². The normalized spacial score (nSPS) is 16.8. The number of methoxy groups -OCH3 is 2. The van der Waals surface area contributed by atoms with E-state index in [1.54, 1.807) is 30.3 Å². The Bertz CT molecular complexity index is 2560. The Hall–Kier alpha value is -7.79. The lowest BCUT2D eigenvalue weighted by Crippen LogP contribution is -2.40. The summed E-state index contributed by atoms with van der Waals surface area (Å²) in [4.78, 5) is 57.5. The Morgan fingerprint density at radius 1 is 0.647 bits per heavy atom. The van der Waals surface area contributed by atoms with Crippen LogP contribution < -0.4 is 31.2 Å². The number of benzene rings is 2. The molecule has 360 valence electrons. The first-order valence-electron chi connectivity index (χ1n) is 20.9. The van der Waals surface area contributed by atoms with Crippen molar-refractivity contribution in [3.63, 3.8) is 0 Å². The van der Waals surface area contributed by atoms with Crippen LogP contribution in [0, 0.1) is 23.5 Å². The van der Waals surface area contributed by atoms with E-state index in [0.717, 1.165) is 42.7 Å². The van der Waals surface area contributed by atoms with Gasteiger partial charge in [-0.25, -0.2) is 33.1 Å². The summed E-state index contributed by atoms with van der Waals surface area (Å²) in [6.45, 7) is 1.04. The SMILES string of the molecule is COC(=O)Nc1ccc(-n2nccn2)c(C(=O)N[C@H]2CCC[C@@H]2COc2ccc(F)cc2)n1.COC(=O)Nc1ccc(-n2nccn2)c(C(=O)O)n1.Cl.N[C@H]1CCC[C@@H]1COc1ccc(F)cc1. The molecule has 68 heavy (non-hydrogen) atoms. The molecule has 21 nitrogen and oxygen atoms in total. The van der Waals surface area contributed by atoms with Crippen LogP contribution in [0.3, 0.4) is 0 Å². The molecule has 2 aromatic carbocycles. The lowest BCUT2D eigenvalue weighted by Gasteiger charge is -2.22. The monoisotopic (exact) mass is 962 g/mol. The average molecular weight is 963 g/mol. The van der Waals surface area contributed by atoms with Crippen molar-refractivity contribution in [3.8, 4) is 22.9 Å². The van der Waals surface area contributed by atoms with E-state index in [4.69, 9.17) is 20.3 Å². The van der Waals surface area contributed by atoms with Gasteiger partial charge in [-0.1, -0.05) is 12.8 Å². The van der Waals surface area contributed by atoms with Crippen molar-refractivity contribution in [2.75, 3.05) is 38.1 Å². The zero-order valence-corrected chi connectivity index (χ0v) is 37.6. The van der Waals surface area contributed by atoms with Crippen molar-refractivity contribution < 1.29 is 52.0 Å². The minimum atomic E-state index is -1.26. The van der Waals surface area contributed by atoms with Crippen LogP contribution in [-0.4, -0.2) is 109 Å². The van der Waals surface area contributed by atoms with E-state index >= 15 is 0 Å². The van der Waals surface area contributed by atoms with Gasteiger partial charge in [0.05, 0.1) is 52.2 Å². The van der Waals surface area contributed by atoms with Crippen LogP contribution in [0.25, 0.3) is 11.4 Å². The quantitative estimate of drug-likeness (QED) is 0.0855. The minimum absolute atomic E-state index is 0. The summed E-state index contributed by atoms with van der Waals surface area (Å²) in [5.74, 6) is -0.205. The molecule has 6 aromatic rings. The number of carboxylic acid groups (broad SMARTS) is 1. The summed E-state index contributed by atoms with van der Waals surface area (Å²) in [5.41, 5.74) is 6.25. The molecular weight excluding hydrogens is 914 g/mol. The summed E-state index contributed by atoms with van der Waals surface area (Å²) >= 11 is 0. The number of carbonyl (C=O) groups is 4. The number of nitrogens with zero attached hydrogens (tertiary/aromatic N) is 8. The van der Waals surface area contributed by atoms with Gasteiger partial charge in [-0.15, -0.1) is 22.0 Å². The maximum atomic E-state index is 13.2. The molecule has 4 atom stereocenters. The minimum Gasteiger partial charge on any atom is -0.493 e. The third-order valence-electron chi connectivity index (χ3n) is 10.5. The molecular formula is C44H49ClF2N12O9. The van der Waals surface area contributed by atoms with Crippen LogP contribution in [0.2, 0.25) is 0 Å². The van der Waals surface area contributed by atoms with Crippen LogP contribution in [0.15, 0.2) is 97.6 Å². The van der Waals surface area contributed by atoms with Crippen LogP contribution in [-0.2, 0) is 9.47 Å². The molecule has 0 aliphatic heterocycles. The molecule has 2 fully saturated rings. The molecule has 0 bridgehead atoms. The van der Waals surface area contributed by atoms with Crippen molar-refractivity contribution in [1.29, 1.82) is 0 Å². The van der Waals surface area contributed by atoms with Crippen LogP contribution in [0.5, 0.6) is 11.5 Å². The molecule has 2 saturated carbocycles. The lowest BCUT2D eigenvalue weighted by atomic mass is 10.0. The van der Waals surface area contributed by atoms with E-state index in [2.05, 4.69) is 55.8 Å². The molecule has 0 saturated heterocycles. The number of carboxylic acids is 1. The number of nitrogens with one attached hydrogen (secondary N) is 3. The van der Waals surface area contributed by atoms with Crippen LogP contribution >= 0.6 is 12.4 Å². The Morgan fingerprint density at radius 2 is 1.09 bits per heavy atom. The largest absolute Gasteiger partial charge is 0.493 e. The number of nitrogens with two attached hydrogens (primary N) is 1. The second-order valence-electron chi connectivity index (χ2n) is 15.0. The molecule has 4 aromatic heterocycles. The van der Waals surface area contributed by atoms with Gasteiger partial charge in [-0.3, -0.25) is 15.4 Å². The van der Waals surface area contributed by atoms with Gasteiger partial charge in [-0.05, 0) is 98.5 Å². The van der Waals surface area contributed by atoms with Gasteiger partial charge in [-0.2, -0.15) is 20.4 Å². The van der Waals surface area contributed by atoms with Gasteiger partial charge in [0.15, 0.2) is 11.4 Å². The number of halogens is 3. The molecule has 8 rings (SSSR count). The number of amides is 3. The van der Waals surface area contributed by atoms with Gasteiger partial charge in [0.25, 0.3) is 5.91 Å². The summed E-state index contributed by atoms with van der Waals surface area (Å²) in [6.07, 6.45) is 10.4.